The van der Waals surface area contributed by atoms with Crippen LogP contribution >= 0.6 is 11.3 Å². The van der Waals surface area contributed by atoms with Crippen LogP contribution in [0.25, 0.3) is 43.7 Å². The summed E-state index contributed by atoms with van der Waals surface area (Å²) in [5, 5.41) is 7.85. The molecule has 2 aliphatic heterocycles. The zero-order valence-corrected chi connectivity index (χ0v) is 27.9. The van der Waals surface area contributed by atoms with E-state index in [2.05, 4.69) is 47.3 Å². The third-order valence-corrected chi connectivity index (χ3v) is 9.69. The number of methoxy groups -OCH3 is 1. The van der Waals surface area contributed by atoms with Crippen LogP contribution < -0.4 is 4.74 Å². The number of thiophene rings is 1. The summed E-state index contributed by atoms with van der Waals surface area (Å²) in [6, 6.07) is 13.4. The van der Waals surface area contributed by atoms with E-state index in [1.54, 1.807) is 29.4 Å². The van der Waals surface area contributed by atoms with Gasteiger partial charge in [0.15, 0.2) is 0 Å². The molecular weight excluding hydrogens is 614 g/mol. The summed E-state index contributed by atoms with van der Waals surface area (Å²) in [6.07, 6.45) is 6.30. The number of halogens is 1. The van der Waals surface area contributed by atoms with Crippen LogP contribution in [0.5, 0.6) is 5.75 Å². The molecule has 1 fully saturated rings. The number of fused-ring (bicyclic) bond motifs is 2. The Morgan fingerprint density at radius 1 is 1.11 bits per heavy atom. The Bertz CT molecular complexity index is 1990. The molecule has 2 aromatic carbocycles. The van der Waals surface area contributed by atoms with Crippen LogP contribution in [0.4, 0.5) is 9.18 Å². The lowest BCUT2D eigenvalue weighted by atomic mass is 9.93. The second-order valence-electron chi connectivity index (χ2n) is 13.2. The molecule has 2 aliphatic rings. The number of carbonyl (C=O) groups excluding carboxylic acids is 1. The minimum absolute atomic E-state index is 0.276. The third kappa shape index (κ3) is 6.03. The Morgan fingerprint density at radius 3 is 2.70 bits per heavy atom. The molecule has 7 rings (SSSR count). The van der Waals surface area contributed by atoms with Gasteiger partial charge in [-0.1, -0.05) is 18.2 Å². The fourth-order valence-electron chi connectivity index (χ4n) is 6.46. The molecule has 5 heterocycles. The Kier molecular flexibility index (Phi) is 8.09. The molecule has 10 heteroatoms. The van der Waals surface area contributed by atoms with Gasteiger partial charge >= 0.3 is 6.09 Å². The summed E-state index contributed by atoms with van der Waals surface area (Å²) in [5.41, 5.74) is 6.95. The smallest absolute Gasteiger partial charge is 0.410 e. The molecule has 0 aliphatic carbocycles. The van der Waals surface area contributed by atoms with E-state index in [1.165, 1.54) is 17.7 Å². The summed E-state index contributed by atoms with van der Waals surface area (Å²) in [4.78, 5) is 22.2. The fraction of sp³-hybridized carbons (Fsp3) is 0.324. The van der Waals surface area contributed by atoms with Gasteiger partial charge < -0.3 is 14.4 Å². The van der Waals surface area contributed by atoms with Gasteiger partial charge in [0.2, 0.25) is 0 Å². The molecule has 8 nitrogen and oxygen atoms in total. The van der Waals surface area contributed by atoms with Gasteiger partial charge in [-0.3, -0.25) is 9.58 Å². The summed E-state index contributed by atoms with van der Waals surface area (Å²) in [6.45, 7) is 13.3. The number of likely N-dealkylation sites (tertiary alicyclic amines) is 1. The second kappa shape index (κ2) is 12.2. The second-order valence-corrected chi connectivity index (χ2v) is 14.1. The van der Waals surface area contributed by atoms with Crippen molar-refractivity contribution in [2.75, 3.05) is 33.3 Å². The van der Waals surface area contributed by atoms with Gasteiger partial charge in [-0.15, -0.1) is 17.9 Å². The third-order valence-electron chi connectivity index (χ3n) is 8.76. The molecule has 0 unspecified atom stereocenters. The highest BCUT2D eigenvalue weighted by molar-refractivity contribution is 7.18. The van der Waals surface area contributed by atoms with Crippen molar-refractivity contribution in [2.45, 2.75) is 45.4 Å². The largest absolute Gasteiger partial charge is 0.496 e. The standard InChI is InChI=1S/C37H38FN5O3S/c1-6-13-41-21-28(22-41)43-20-26(18-39-43)34-32(29-10-9-27(38)17-31(29)45-5)35-30(12-15-47-35)33(40-34)24-7-8-25-19-42(14-11-23(25)16-24)36(44)46-37(2,3)4/h6-10,12,15-18,20,28H,1,11,13-14,19,21-22H2,2-5H3. The Morgan fingerprint density at radius 2 is 1.94 bits per heavy atom. The first kappa shape index (κ1) is 31.1. The first-order valence-electron chi connectivity index (χ1n) is 15.8. The van der Waals surface area contributed by atoms with Crippen LogP contribution in [0.1, 0.15) is 37.9 Å². The molecule has 242 valence electrons. The van der Waals surface area contributed by atoms with Gasteiger partial charge in [-0.05, 0) is 68.0 Å². The Labute approximate surface area is 278 Å². The number of carbonyl (C=O) groups is 1. The molecule has 0 spiro atoms. The number of pyridine rings is 1. The van der Waals surface area contributed by atoms with Crippen molar-refractivity contribution >= 4 is 27.5 Å². The highest BCUT2D eigenvalue weighted by Crippen LogP contribution is 2.46. The van der Waals surface area contributed by atoms with Gasteiger partial charge in [0.1, 0.15) is 17.2 Å². The molecule has 0 N–H and O–H groups in total. The van der Waals surface area contributed by atoms with Crippen molar-refractivity contribution in [1.29, 1.82) is 0 Å². The quantitative estimate of drug-likeness (QED) is 0.166. The minimum Gasteiger partial charge on any atom is -0.496 e. The average molecular weight is 652 g/mol. The SMILES string of the molecule is C=CCN1CC(n2cc(-c3nc(-c4ccc5c(c4)CCN(C(=O)OC(C)(C)C)C5)c4ccsc4c3-c3ccc(F)cc3OC)cn2)C1. The minimum atomic E-state index is -0.541. The lowest BCUT2D eigenvalue weighted by molar-refractivity contribution is 0.0224. The normalized spacial score (nSPS) is 15.4. The summed E-state index contributed by atoms with van der Waals surface area (Å²) < 4.78 is 28.8. The van der Waals surface area contributed by atoms with E-state index in [-0.39, 0.29) is 18.0 Å². The molecule has 1 saturated heterocycles. The van der Waals surface area contributed by atoms with E-state index in [4.69, 9.17) is 19.6 Å². The number of hydrogen-bond donors (Lipinski definition) is 0. The van der Waals surface area contributed by atoms with Crippen LogP contribution in [-0.2, 0) is 17.7 Å². The van der Waals surface area contributed by atoms with Gasteiger partial charge in [0, 0.05) is 77.3 Å². The van der Waals surface area contributed by atoms with Crippen molar-refractivity contribution in [3.63, 3.8) is 0 Å². The molecule has 0 atom stereocenters. The van der Waals surface area contributed by atoms with Crippen LogP contribution in [0.3, 0.4) is 0 Å². The lowest BCUT2D eigenvalue weighted by Crippen LogP contribution is -2.47. The molecule has 3 aromatic heterocycles. The van der Waals surface area contributed by atoms with Gasteiger partial charge in [0.25, 0.3) is 0 Å². The number of benzene rings is 2. The van der Waals surface area contributed by atoms with Gasteiger partial charge in [0.05, 0.1) is 30.7 Å². The number of ether oxygens (including phenoxy) is 2. The molecular formula is C37H38FN5O3S. The number of amides is 1. The van der Waals surface area contributed by atoms with Crippen LogP contribution in [-0.4, -0.2) is 69.5 Å². The Balaban J connectivity index is 1.32. The average Bonchev–Trinajstić information content (AvgIpc) is 3.71. The molecule has 0 bridgehead atoms. The van der Waals surface area contributed by atoms with E-state index in [0.29, 0.717) is 18.8 Å². The zero-order chi connectivity index (χ0) is 32.9. The number of aromatic nitrogens is 3. The first-order chi connectivity index (χ1) is 22.6. The van der Waals surface area contributed by atoms with E-state index >= 15 is 0 Å². The summed E-state index contributed by atoms with van der Waals surface area (Å²) in [7, 11) is 1.56. The van der Waals surface area contributed by atoms with Gasteiger partial charge in [-0.25, -0.2) is 14.2 Å². The molecule has 5 aromatic rings. The van der Waals surface area contributed by atoms with E-state index in [0.717, 1.165) is 75.3 Å². The molecule has 1 amide bonds. The highest BCUT2D eigenvalue weighted by atomic mass is 32.1. The van der Waals surface area contributed by atoms with Crippen molar-refractivity contribution < 1.29 is 18.7 Å². The first-order valence-corrected chi connectivity index (χ1v) is 16.7. The predicted octanol–water partition coefficient (Wildman–Crippen LogP) is 7.98. The van der Waals surface area contributed by atoms with Crippen molar-refractivity contribution in [3.05, 3.63) is 89.8 Å². The highest BCUT2D eigenvalue weighted by Gasteiger charge is 2.30. The maximum atomic E-state index is 14.4. The van der Waals surface area contributed by atoms with Gasteiger partial charge in [-0.2, -0.15) is 5.10 Å². The Hall–Kier alpha value is -4.54. The van der Waals surface area contributed by atoms with Crippen molar-refractivity contribution in [1.82, 2.24) is 24.6 Å². The molecule has 0 saturated carbocycles. The summed E-state index contributed by atoms with van der Waals surface area (Å²) in [5.74, 6) is 0.0885. The number of rotatable bonds is 7. The van der Waals surface area contributed by atoms with Crippen LogP contribution in [0.15, 0.2) is 72.9 Å². The predicted molar refractivity (Wildman–Crippen MR) is 184 cm³/mol. The molecule has 0 radical (unpaired) electrons. The van der Waals surface area contributed by atoms with Crippen LogP contribution in [0, 0.1) is 5.82 Å². The van der Waals surface area contributed by atoms with E-state index < -0.39 is 5.60 Å². The van der Waals surface area contributed by atoms with Crippen molar-refractivity contribution in [3.8, 4) is 39.4 Å². The van der Waals surface area contributed by atoms with Crippen LogP contribution in [0.2, 0.25) is 0 Å². The molecule has 47 heavy (non-hydrogen) atoms. The monoisotopic (exact) mass is 651 g/mol. The topological polar surface area (TPSA) is 72.7 Å². The summed E-state index contributed by atoms with van der Waals surface area (Å²) >= 11 is 1.63. The van der Waals surface area contributed by atoms with E-state index in [1.807, 2.05) is 37.7 Å². The van der Waals surface area contributed by atoms with Crippen molar-refractivity contribution in [2.24, 2.45) is 0 Å². The number of hydrogen-bond acceptors (Lipinski definition) is 7. The zero-order valence-electron chi connectivity index (χ0n) is 27.1. The number of nitrogens with zero attached hydrogens (tertiary/aromatic N) is 5. The lowest BCUT2D eigenvalue weighted by Gasteiger charge is -2.38. The van der Waals surface area contributed by atoms with E-state index in [9.17, 15) is 9.18 Å². The maximum absolute atomic E-state index is 14.4. The fourth-order valence-corrected chi connectivity index (χ4v) is 7.42. The maximum Gasteiger partial charge on any atom is 0.410 e.